The fraction of sp³-hybridized carbons (Fsp3) is 0.385. The molecule has 2 aromatic rings. The monoisotopic (exact) mass is 236 g/mol. The first-order valence-corrected chi connectivity index (χ1v) is 5.83. The zero-order valence-electron chi connectivity index (χ0n) is 10.2. The fourth-order valence-electron chi connectivity index (χ4n) is 2.32. The maximum atomic E-state index is 6.17. The minimum absolute atomic E-state index is 0.837. The van der Waals surface area contributed by atoms with Gasteiger partial charge in [0.2, 0.25) is 0 Å². The van der Waals surface area contributed by atoms with E-state index in [2.05, 4.69) is 36.8 Å². The van der Waals surface area contributed by atoms with Crippen LogP contribution < -0.4 is 5.32 Å². The van der Waals surface area contributed by atoms with E-state index in [9.17, 15) is 0 Å². The van der Waals surface area contributed by atoms with Crippen molar-refractivity contribution in [2.45, 2.75) is 20.4 Å². The van der Waals surface area contributed by atoms with Crippen LogP contribution in [0.2, 0.25) is 5.02 Å². The van der Waals surface area contributed by atoms with Crippen LogP contribution >= 0.6 is 11.6 Å². The lowest BCUT2D eigenvalue weighted by Crippen LogP contribution is -2.06. The Morgan fingerprint density at radius 2 is 2.00 bits per heavy atom. The minimum Gasteiger partial charge on any atom is -0.347 e. The lowest BCUT2D eigenvalue weighted by Gasteiger charge is -2.03. The first kappa shape index (κ1) is 11.5. The summed E-state index contributed by atoms with van der Waals surface area (Å²) in [6.45, 7) is 5.12. The van der Waals surface area contributed by atoms with Gasteiger partial charge in [-0.2, -0.15) is 0 Å². The molecular formula is C13H17ClN2. The Bertz CT molecular complexity index is 541. The molecule has 2 nitrogen and oxygen atoms in total. The van der Waals surface area contributed by atoms with Crippen LogP contribution in [-0.2, 0) is 13.6 Å². The third-order valence-electron chi connectivity index (χ3n) is 3.32. The Morgan fingerprint density at radius 3 is 2.62 bits per heavy atom. The van der Waals surface area contributed by atoms with E-state index in [-0.39, 0.29) is 0 Å². The van der Waals surface area contributed by atoms with Crippen LogP contribution in [-0.4, -0.2) is 11.6 Å². The van der Waals surface area contributed by atoms with Gasteiger partial charge in [0.05, 0.1) is 5.52 Å². The summed E-state index contributed by atoms with van der Waals surface area (Å²) in [5.74, 6) is 0. The van der Waals surface area contributed by atoms with E-state index in [0.717, 1.165) is 17.1 Å². The molecule has 0 amide bonds. The van der Waals surface area contributed by atoms with Gasteiger partial charge in [0.15, 0.2) is 0 Å². The first-order valence-electron chi connectivity index (χ1n) is 5.45. The van der Waals surface area contributed by atoms with Crippen molar-refractivity contribution in [2.75, 3.05) is 7.05 Å². The van der Waals surface area contributed by atoms with E-state index in [4.69, 9.17) is 11.6 Å². The van der Waals surface area contributed by atoms with Crippen molar-refractivity contribution in [3.8, 4) is 0 Å². The number of nitrogens with zero attached hydrogens (tertiary/aromatic N) is 1. The number of rotatable bonds is 2. The number of benzene rings is 1. The highest BCUT2D eigenvalue weighted by Gasteiger charge is 2.13. The first-order chi connectivity index (χ1) is 7.57. The lowest BCUT2D eigenvalue weighted by molar-refractivity contribution is 0.800. The van der Waals surface area contributed by atoms with Crippen molar-refractivity contribution in [1.29, 1.82) is 0 Å². The molecule has 1 aromatic heterocycles. The van der Waals surface area contributed by atoms with E-state index >= 15 is 0 Å². The topological polar surface area (TPSA) is 17.0 Å². The molecule has 0 bridgehead atoms. The van der Waals surface area contributed by atoms with Crippen molar-refractivity contribution in [3.05, 3.63) is 34.0 Å². The average molecular weight is 237 g/mol. The zero-order chi connectivity index (χ0) is 11.9. The Kier molecular flexibility index (Phi) is 2.96. The summed E-state index contributed by atoms with van der Waals surface area (Å²) in [6, 6.07) is 4.10. The van der Waals surface area contributed by atoms with Gasteiger partial charge in [0, 0.05) is 29.7 Å². The maximum Gasteiger partial charge on any atom is 0.0527 e. The number of hydrogen-bond acceptors (Lipinski definition) is 1. The van der Waals surface area contributed by atoms with Crippen molar-refractivity contribution in [3.63, 3.8) is 0 Å². The molecular weight excluding hydrogens is 220 g/mol. The van der Waals surface area contributed by atoms with Gasteiger partial charge < -0.3 is 9.88 Å². The molecule has 16 heavy (non-hydrogen) atoms. The minimum atomic E-state index is 0.837. The van der Waals surface area contributed by atoms with Crippen molar-refractivity contribution in [2.24, 2.45) is 7.05 Å². The largest absolute Gasteiger partial charge is 0.347 e. The predicted octanol–water partition coefficient (Wildman–Crippen LogP) is 3.17. The number of fused-ring (bicyclic) bond motifs is 1. The molecule has 0 radical (unpaired) electrons. The van der Waals surface area contributed by atoms with Gasteiger partial charge >= 0.3 is 0 Å². The second kappa shape index (κ2) is 4.11. The van der Waals surface area contributed by atoms with Gasteiger partial charge in [0.25, 0.3) is 0 Å². The highest BCUT2D eigenvalue weighted by Crippen LogP contribution is 2.31. The number of halogens is 1. The van der Waals surface area contributed by atoms with Gasteiger partial charge in [-0.1, -0.05) is 17.7 Å². The summed E-state index contributed by atoms with van der Waals surface area (Å²) in [6.07, 6.45) is 0. The molecule has 1 aromatic carbocycles. The molecule has 0 fully saturated rings. The molecule has 3 heteroatoms. The highest BCUT2D eigenvalue weighted by molar-refractivity contribution is 6.32. The Labute approximate surface area is 101 Å². The normalized spacial score (nSPS) is 11.3. The van der Waals surface area contributed by atoms with Crippen LogP contribution in [0.3, 0.4) is 0 Å². The third kappa shape index (κ3) is 1.53. The van der Waals surface area contributed by atoms with Crippen LogP contribution in [0.15, 0.2) is 12.1 Å². The Morgan fingerprint density at radius 1 is 1.31 bits per heavy atom. The number of hydrogen-bond donors (Lipinski definition) is 1. The molecule has 86 valence electrons. The van der Waals surface area contributed by atoms with Crippen LogP contribution in [0.25, 0.3) is 10.9 Å². The molecule has 0 saturated heterocycles. The van der Waals surface area contributed by atoms with Crippen molar-refractivity contribution in [1.82, 2.24) is 9.88 Å². The van der Waals surface area contributed by atoms with Gasteiger partial charge in [0.1, 0.15) is 0 Å². The summed E-state index contributed by atoms with van der Waals surface area (Å²) in [5.41, 5.74) is 5.07. The van der Waals surface area contributed by atoms with Gasteiger partial charge in [-0.25, -0.2) is 0 Å². The summed E-state index contributed by atoms with van der Waals surface area (Å²) in [5, 5.41) is 5.36. The van der Waals surface area contributed by atoms with E-state index in [1.54, 1.807) is 0 Å². The molecule has 0 spiro atoms. The van der Waals surface area contributed by atoms with Crippen LogP contribution in [0.5, 0.6) is 0 Å². The second-order valence-electron chi connectivity index (χ2n) is 4.22. The Hall–Kier alpha value is -0.990. The number of aryl methyl sites for hydroxylation is 2. The quantitative estimate of drug-likeness (QED) is 0.848. The molecule has 0 saturated carbocycles. The Balaban J connectivity index is 2.84. The van der Waals surface area contributed by atoms with Crippen LogP contribution in [0.4, 0.5) is 0 Å². The summed E-state index contributed by atoms with van der Waals surface area (Å²) in [7, 11) is 4.07. The summed E-state index contributed by atoms with van der Waals surface area (Å²) < 4.78 is 2.23. The van der Waals surface area contributed by atoms with Gasteiger partial charge in [-0.3, -0.25) is 0 Å². The number of nitrogens with one attached hydrogen (secondary N) is 1. The molecule has 1 N–H and O–H groups in total. The van der Waals surface area contributed by atoms with Gasteiger partial charge in [-0.05, 0) is 38.1 Å². The summed E-state index contributed by atoms with van der Waals surface area (Å²) >= 11 is 6.17. The second-order valence-corrected chi connectivity index (χ2v) is 4.63. The molecule has 0 aliphatic carbocycles. The lowest BCUT2D eigenvalue weighted by atomic mass is 10.1. The average Bonchev–Trinajstić information content (AvgIpc) is 2.50. The summed E-state index contributed by atoms with van der Waals surface area (Å²) in [4.78, 5) is 0. The van der Waals surface area contributed by atoms with Gasteiger partial charge in [-0.15, -0.1) is 0 Å². The maximum absolute atomic E-state index is 6.17. The van der Waals surface area contributed by atoms with Crippen molar-refractivity contribution >= 4 is 22.5 Å². The van der Waals surface area contributed by atoms with Crippen LogP contribution in [0, 0.1) is 13.8 Å². The fourth-order valence-corrected chi connectivity index (χ4v) is 2.47. The molecule has 0 unspecified atom stereocenters. The SMILES string of the molecule is CNCc1c(C)n(C)c2c(C)c(Cl)ccc12. The number of aromatic nitrogens is 1. The highest BCUT2D eigenvalue weighted by atomic mass is 35.5. The molecule has 0 aliphatic heterocycles. The molecule has 0 atom stereocenters. The van der Waals surface area contributed by atoms with E-state index < -0.39 is 0 Å². The predicted molar refractivity (Wildman–Crippen MR) is 70.2 cm³/mol. The van der Waals surface area contributed by atoms with Crippen molar-refractivity contribution < 1.29 is 0 Å². The zero-order valence-corrected chi connectivity index (χ0v) is 10.9. The van der Waals surface area contributed by atoms with E-state index in [0.29, 0.717) is 0 Å². The third-order valence-corrected chi connectivity index (χ3v) is 3.73. The standard InChI is InChI=1S/C13H17ClN2/c1-8-12(14)6-5-10-11(7-15-3)9(2)16(4)13(8)10/h5-6,15H,7H2,1-4H3. The smallest absolute Gasteiger partial charge is 0.0527 e. The molecule has 0 aliphatic rings. The molecule has 2 rings (SSSR count). The van der Waals surface area contributed by atoms with E-state index in [1.807, 2.05) is 13.1 Å². The molecule has 1 heterocycles. The van der Waals surface area contributed by atoms with E-state index in [1.165, 1.54) is 22.2 Å². The van der Waals surface area contributed by atoms with Crippen LogP contribution in [0.1, 0.15) is 16.8 Å².